The van der Waals surface area contributed by atoms with Gasteiger partial charge in [0.2, 0.25) is 0 Å². The molecule has 19 heavy (non-hydrogen) atoms. The van der Waals surface area contributed by atoms with Crippen LogP contribution in [0.1, 0.15) is 23.4 Å². The fraction of sp³-hybridized carbons (Fsp3) is 0.214. The van der Waals surface area contributed by atoms with Crippen LogP contribution >= 0.6 is 27.3 Å². The second-order valence-corrected chi connectivity index (χ2v) is 6.27. The minimum atomic E-state index is 0.0905. The second-order valence-electron chi connectivity index (χ2n) is 4.38. The number of anilines is 1. The average molecular weight is 338 g/mol. The normalized spacial score (nSPS) is 12.2. The molecule has 1 unspecified atom stereocenters. The molecule has 5 heteroatoms. The number of hydrogen-bond acceptors (Lipinski definition) is 3. The van der Waals surface area contributed by atoms with Gasteiger partial charge in [-0.1, -0.05) is 22.0 Å². The van der Waals surface area contributed by atoms with Gasteiger partial charge in [0, 0.05) is 27.6 Å². The van der Waals surface area contributed by atoms with Crippen molar-refractivity contribution in [2.45, 2.75) is 13.0 Å². The lowest BCUT2D eigenvalue weighted by Crippen LogP contribution is -2.24. The fourth-order valence-corrected chi connectivity index (χ4v) is 3.13. The third-order valence-electron chi connectivity index (χ3n) is 3.17. The van der Waals surface area contributed by atoms with Crippen LogP contribution in [0.3, 0.4) is 0 Å². The summed E-state index contributed by atoms with van der Waals surface area (Å²) in [6.45, 7) is 2.15. The maximum atomic E-state index is 7.69. The summed E-state index contributed by atoms with van der Waals surface area (Å²) in [5.74, 6) is 0.0905. The molecule has 1 aromatic carbocycles. The third kappa shape index (κ3) is 2.98. The molecule has 0 saturated carbocycles. The Morgan fingerprint density at radius 1 is 1.42 bits per heavy atom. The van der Waals surface area contributed by atoms with Crippen LogP contribution < -0.4 is 10.6 Å². The Kier molecular flexibility index (Phi) is 4.27. The number of benzene rings is 1. The lowest BCUT2D eigenvalue weighted by atomic mass is 10.1. The summed E-state index contributed by atoms with van der Waals surface area (Å²) in [7, 11) is 2.03. The minimum Gasteiger partial charge on any atom is -0.384 e. The molecule has 0 amide bonds. The van der Waals surface area contributed by atoms with Crippen LogP contribution in [0.15, 0.2) is 40.2 Å². The number of nitrogens with zero attached hydrogens (tertiary/aromatic N) is 1. The maximum absolute atomic E-state index is 7.69. The first kappa shape index (κ1) is 14.1. The van der Waals surface area contributed by atoms with Gasteiger partial charge in [-0.05, 0) is 36.6 Å². The van der Waals surface area contributed by atoms with Gasteiger partial charge >= 0.3 is 0 Å². The number of nitrogens with two attached hydrogens (primary N) is 1. The molecular formula is C14H16BrN3S. The van der Waals surface area contributed by atoms with Crippen molar-refractivity contribution in [1.82, 2.24) is 0 Å². The van der Waals surface area contributed by atoms with Gasteiger partial charge in [0.25, 0.3) is 0 Å². The zero-order valence-corrected chi connectivity index (χ0v) is 13.3. The Hall–Kier alpha value is -1.33. The van der Waals surface area contributed by atoms with E-state index in [2.05, 4.69) is 45.3 Å². The molecule has 0 aliphatic rings. The second kappa shape index (κ2) is 5.75. The molecule has 0 saturated heterocycles. The monoisotopic (exact) mass is 337 g/mol. The van der Waals surface area contributed by atoms with Gasteiger partial charge in [0.15, 0.2) is 0 Å². The van der Waals surface area contributed by atoms with Crippen molar-refractivity contribution in [2.75, 3.05) is 11.9 Å². The summed E-state index contributed by atoms with van der Waals surface area (Å²) >= 11 is 5.21. The zero-order valence-electron chi connectivity index (χ0n) is 10.9. The van der Waals surface area contributed by atoms with Crippen molar-refractivity contribution < 1.29 is 0 Å². The molecule has 3 N–H and O–H groups in total. The van der Waals surface area contributed by atoms with E-state index in [9.17, 15) is 0 Å². The van der Waals surface area contributed by atoms with Crippen LogP contribution in [-0.4, -0.2) is 12.9 Å². The lowest BCUT2D eigenvalue weighted by molar-refractivity contribution is 0.753. The molecule has 2 aromatic rings. The summed E-state index contributed by atoms with van der Waals surface area (Å²) in [4.78, 5) is 3.44. The van der Waals surface area contributed by atoms with Crippen molar-refractivity contribution in [3.05, 3.63) is 50.6 Å². The van der Waals surface area contributed by atoms with Gasteiger partial charge in [-0.15, -0.1) is 11.3 Å². The molecule has 2 rings (SSSR count). The van der Waals surface area contributed by atoms with E-state index in [1.165, 1.54) is 4.88 Å². The van der Waals surface area contributed by atoms with Crippen molar-refractivity contribution in [3.8, 4) is 0 Å². The highest BCUT2D eigenvalue weighted by Crippen LogP contribution is 2.32. The van der Waals surface area contributed by atoms with Crippen LogP contribution in [-0.2, 0) is 0 Å². The molecule has 1 atom stereocenters. The summed E-state index contributed by atoms with van der Waals surface area (Å²) in [6.07, 6.45) is 0. The highest BCUT2D eigenvalue weighted by molar-refractivity contribution is 9.10. The summed E-state index contributed by atoms with van der Waals surface area (Å²) in [5, 5.41) is 9.77. The highest BCUT2D eigenvalue weighted by atomic mass is 79.9. The molecule has 1 heterocycles. The number of nitrogen functional groups attached to an aromatic ring is 1. The van der Waals surface area contributed by atoms with E-state index in [1.807, 2.05) is 25.2 Å². The first-order chi connectivity index (χ1) is 9.00. The Balaban J connectivity index is 2.40. The predicted molar refractivity (Wildman–Crippen MR) is 86.3 cm³/mol. The standard InChI is InChI=1S/C14H16BrN3S/c1-9(13-4-3-7-19-13)18(2)12-8-10(15)5-6-11(12)14(16)17/h3-9H,1-2H3,(H3,16,17). The van der Waals surface area contributed by atoms with Crippen molar-refractivity contribution in [3.63, 3.8) is 0 Å². The van der Waals surface area contributed by atoms with Gasteiger partial charge in [0.05, 0.1) is 6.04 Å². The fourth-order valence-electron chi connectivity index (χ4n) is 1.95. The van der Waals surface area contributed by atoms with Crippen LogP contribution in [0, 0.1) is 5.41 Å². The number of thiophene rings is 1. The minimum absolute atomic E-state index is 0.0905. The Labute approximate surface area is 125 Å². The molecule has 0 aliphatic heterocycles. The van der Waals surface area contributed by atoms with Crippen LogP contribution in [0.5, 0.6) is 0 Å². The largest absolute Gasteiger partial charge is 0.384 e. The van der Waals surface area contributed by atoms with E-state index < -0.39 is 0 Å². The number of amidine groups is 1. The molecular weight excluding hydrogens is 322 g/mol. The van der Waals surface area contributed by atoms with E-state index in [4.69, 9.17) is 11.1 Å². The predicted octanol–water partition coefficient (Wildman–Crippen LogP) is 3.99. The Morgan fingerprint density at radius 2 is 2.16 bits per heavy atom. The van der Waals surface area contributed by atoms with Crippen molar-refractivity contribution >= 4 is 38.8 Å². The van der Waals surface area contributed by atoms with E-state index in [-0.39, 0.29) is 11.9 Å². The lowest BCUT2D eigenvalue weighted by Gasteiger charge is -2.28. The number of hydrogen-bond donors (Lipinski definition) is 2. The molecule has 3 nitrogen and oxygen atoms in total. The van der Waals surface area contributed by atoms with Crippen LogP contribution in [0.25, 0.3) is 0 Å². The van der Waals surface area contributed by atoms with Crippen LogP contribution in [0.2, 0.25) is 0 Å². The molecule has 1 aromatic heterocycles. The SMILES string of the molecule is CC(c1cccs1)N(C)c1cc(Br)ccc1C(=N)N. The number of rotatable bonds is 4. The third-order valence-corrected chi connectivity index (χ3v) is 4.70. The van der Waals surface area contributed by atoms with Gasteiger partial charge in [-0.2, -0.15) is 0 Å². The molecule has 100 valence electrons. The first-order valence-electron chi connectivity index (χ1n) is 5.91. The van der Waals surface area contributed by atoms with Crippen molar-refractivity contribution in [1.29, 1.82) is 5.41 Å². The van der Waals surface area contributed by atoms with Gasteiger partial charge in [-0.3, -0.25) is 5.41 Å². The Morgan fingerprint density at radius 3 is 2.74 bits per heavy atom. The van der Waals surface area contributed by atoms with E-state index in [0.717, 1.165) is 15.7 Å². The topological polar surface area (TPSA) is 53.1 Å². The van der Waals surface area contributed by atoms with Gasteiger partial charge < -0.3 is 10.6 Å². The molecule has 0 spiro atoms. The summed E-state index contributed by atoms with van der Waals surface area (Å²) < 4.78 is 0.984. The summed E-state index contributed by atoms with van der Waals surface area (Å²) in [6, 6.07) is 10.2. The highest BCUT2D eigenvalue weighted by Gasteiger charge is 2.17. The van der Waals surface area contributed by atoms with Gasteiger partial charge in [0.1, 0.15) is 5.84 Å². The Bertz CT molecular complexity index is 580. The first-order valence-corrected chi connectivity index (χ1v) is 7.58. The van der Waals surface area contributed by atoms with E-state index in [1.54, 1.807) is 11.3 Å². The van der Waals surface area contributed by atoms with E-state index in [0.29, 0.717) is 0 Å². The van der Waals surface area contributed by atoms with E-state index >= 15 is 0 Å². The maximum Gasteiger partial charge on any atom is 0.124 e. The molecule has 0 radical (unpaired) electrons. The smallest absolute Gasteiger partial charge is 0.124 e. The van der Waals surface area contributed by atoms with Crippen molar-refractivity contribution in [2.24, 2.45) is 5.73 Å². The zero-order chi connectivity index (χ0) is 14.0. The number of nitrogens with one attached hydrogen (secondary N) is 1. The quantitative estimate of drug-likeness (QED) is 0.654. The van der Waals surface area contributed by atoms with Gasteiger partial charge in [-0.25, -0.2) is 0 Å². The molecule has 0 bridgehead atoms. The number of halogens is 1. The van der Waals surface area contributed by atoms with Crippen LogP contribution in [0.4, 0.5) is 5.69 Å². The molecule has 0 fully saturated rings. The summed E-state index contributed by atoms with van der Waals surface area (Å²) in [5.41, 5.74) is 7.38. The molecule has 0 aliphatic carbocycles. The average Bonchev–Trinajstić information content (AvgIpc) is 2.90.